The minimum Gasteiger partial charge on any atom is -0.338 e. The maximum absolute atomic E-state index is 5.44. The van der Waals surface area contributed by atoms with Gasteiger partial charge in [0.1, 0.15) is 0 Å². The average Bonchev–Trinajstić information content (AvgIpc) is 3.08. The van der Waals surface area contributed by atoms with Crippen LogP contribution in [0.4, 0.5) is 0 Å². The van der Waals surface area contributed by atoms with Crippen molar-refractivity contribution in [2.45, 2.75) is 83.5 Å². The highest BCUT2D eigenvalue weighted by Crippen LogP contribution is 2.30. The van der Waals surface area contributed by atoms with Gasteiger partial charge in [0.2, 0.25) is 5.89 Å². The van der Waals surface area contributed by atoms with E-state index in [9.17, 15) is 0 Å². The molecule has 2 aliphatic heterocycles. The molecule has 2 bridgehead atoms. The maximum Gasteiger partial charge on any atom is 0.240 e. The van der Waals surface area contributed by atoms with Gasteiger partial charge in [-0.2, -0.15) is 4.98 Å². The molecule has 0 saturated carbocycles. The van der Waals surface area contributed by atoms with E-state index in [1.165, 1.54) is 32.1 Å². The Morgan fingerprint density at radius 2 is 2.00 bits per heavy atom. The first-order valence-corrected chi connectivity index (χ1v) is 8.60. The summed E-state index contributed by atoms with van der Waals surface area (Å²) in [5.74, 6) is 1.65. The molecule has 2 atom stereocenters. The predicted octanol–water partition coefficient (Wildman–Crippen LogP) is 2.52. The van der Waals surface area contributed by atoms with Crippen LogP contribution in [-0.2, 0) is 13.0 Å². The van der Waals surface area contributed by atoms with E-state index >= 15 is 0 Å². The van der Waals surface area contributed by atoms with E-state index in [-0.39, 0.29) is 0 Å². The lowest BCUT2D eigenvalue weighted by atomic mass is 9.98. The van der Waals surface area contributed by atoms with Crippen molar-refractivity contribution in [3.63, 3.8) is 0 Å². The summed E-state index contributed by atoms with van der Waals surface area (Å²) in [5, 5.41) is 7.82. The Kier molecular flexibility index (Phi) is 4.91. The molecule has 1 aromatic heterocycles. The first kappa shape index (κ1) is 15.0. The van der Waals surface area contributed by atoms with Crippen LogP contribution in [0.25, 0.3) is 0 Å². The van der Waals surface area contributed by atoms with Crippen LogP contribution in [0.1, 0.15) is 64.1 Å². The van der Waals surface area contributed by atoms with Crippen molar-refractivity contribution in [2.24, 2.45) is 0 Å². The van der Waals surface area contributed by atoms with Crippen molar-refractivity contribution < 1.29 is 4.52 Å². The molecule has 5 heteroatoms. The summed E-state index contributed by atoms with van der Waals surface area (Å²) in [7, 11) is 0. The topological polar surface area (TPSA) is 54.2 Å². The highest BCUT2D eigenvalue weighted by atomic mass is 16.5. The van der Waals surface area contributed by atoms with E-state index in [1.54, 1.807) is 0 Å². The molecule has 118 valence electrons. The number of aryl methyl sites for hydroxylation is 1. The van der Waals surface area contributed by atoms with Crippen LogP contribution in [0, 0.1) is 0 Å². The normalized spacial score (nSPS) is 28.4. The molecule has 2 fully saturated rings. The number of rotatable bonds is 7. The van der Waals surface area contributed by atoms with Crippen molar-refractivity contribution in [3.8, 4) is 0 Å². The van der Waals surface area contributed by atoms with Crippen molar-refractivity contribution in [3.05, 3.63) is 11.7 Å². The first-order valence-electron chi connectivity index (χ1n) is 8.60. The lowest BCUT2D eigenvalue weighted by Crippen LogP contribution is -2.47. The second-order valence-corrected chi connectivity index (χ2v) is 6.53. The number of aromatic nitrogens is 2. The highest BCUT2D eigenvalue weighted by Gasteiger charge is 2.35. The number of nitrogens with zero attached hydrogens (tertiary/aromatic N) is 3. The summed E-state index contributed by atoms with van der Waals surface area (Å²) in [6, 6.07) is 2.12. The number of fused-ring (bicyclic) bond motifs is 2. The smallest absolute Gasteiger partial charge is 0.240 e. The molecule has 1 aromatic rings. The van der Waals surface area contributed by atoms with Crippen LogP contribution >= 0.6 is 0 Å². The van der Waals surface area contributed by atoms with Crippen molar-refractivity contribution in [1.82, 2.24) is 20.4 Å². The van der Waals surface area contributed by atoms with Gasteiger partial charge in [0.05, 0.1) is 6.54 Å². The molecular weight excluding hydrogens is 264 g/mol. The Morgan fingerprint density at radius 1 is 1.24 bits per heavy atom. The van der Waals surface area contributed by atoms with E-state index in [2.05, 4.69) is 34.2 Å². The minimum absolute atomic E-state index is 0.666. The van der Waals surface area contributed by atoms with Crippen LogP contribution in [0.2, 0.25) is 0 Å². The fourth-order valence-corrected chi connectivity index (χ4v) is 3.79. The molecular formula is C16H28N4O. The predicted molar refractivity (Wildman–Crippen MR) is 82.0 cm³/mol. The van der Waals surface area contributed by atoms with Crippen LogP contribution in [0.5, 0.6) is 0 Å². The number of hydrogen-bond acceptors (Lipinski definition) is 5. The van der Waals surface area contributed by atoms with E-state index in [0.717, 1.165) is 49.7 Å². The van der Waals surface area contributed by atoms with Gasteiger partial charge in [-0.1, -0.05) is 25.4 Å². The van der Waals surface area contributed by atoms with Crippen LogP contribution in [-0.4, -0.2) is 39.7 Å². The van der Waals surface area contributed by atoms with Crippen LogP contribution < -0.4 is 5.32 Å². The molecule has 3 heterocycles. The van der Waals surface area contributed by atoms with Gasteiger partial charge < -0.3 is 9.84 Å². The monoisotopic (exact) mass is 292 g/mol. The van der Waals surface area contributed by atoms with Gasteiger partial charge in [-0.25, -0.2) is 0 Å². The first-order chi connectivity index (χ1) is 10.3. The second kappa shape index (κ2) is 6.88. The molecule has 5 nitrogen and oxygen atoms in total. The summed E-state index contributed by atoms with van der Waals surface area (Å²) in [4.78, 5) is 7.07. The largest absolute Gasteiger partial charge is 0.338 e. The maximum atomic E-state index is 5.44. The third-order valence-electron chi connectivity index (χ3n) is 4.97. The number of nitrogens with one attached hydrogen (secondary N) is 1. The molecule has 0 aliphatic carbocycles. The SMILES string of the molecule is CCCCc1noc(CN(CC)C2CC3CCC(C2)N3)n1. The fourth-order valence-electron chi connectivity index (χ4n) is 3.79. The summed E-state index contributed by atoms with van der Waals surface area (Å²) < 4.78 is 5.44. The lowest BCUT2D eigenvalue weighted by Gasteiger charge is -2.36. The fraction of sp³-hybridized carbons (Fsp3) is 0.875. The molecule has 0 spiro atoms. The molecule has 21 heavy (non-hydrogen) atoms. The second-order valence-electron chi connectivity index (χ2n) is 6.53. The number of unbranched alkanes of at least 4 members (excludes halogenated alkanes) is 1. The zero-order valence-corrected chi connectivity index (χ0v) is 13.3. The molecule has 2 saturated heterocycles. The lowest BCUT2D eigenvalue weighted by molar-refractivity contribution is 0.126. The van der Waals surface area contributed by atoms with Gasteiger partial charge in [-0.05, 0) is 38.6 Å². The molecule has 1 N–H and O–H groups in total. The summed E-state index contributed by atoms with van der Waals surface area (Å²) in [5.41, 5.74) is 0. The van der Waals surface area contributed by atoms with Gasteiger partial charge in [-0.15, -0.1) is 0 Å². The third kappa shape index (κ3) is 3.64. The van der Waals surface area contributed by atoms with Gasteiger partial charge in [0.25, 0.3) is 0 Å². The van der Waals surface area contributed by atoms with Gasteiger partial charge >= 0.3 is 0 Å². The van der Waals surface area contributed by atoms with E-state index in [1.807, 2.05) is 0 Å². The zero-order valence-electron chi connectivity index (χ0n) is 13.3. The molecule has 0 radical (unpaired) electrons. The highest BCUT2D eigenvalue weighted by molar-refractivity contribution is 4.96. The van der Waals surface area contributed by atoms with Gasteiger partial charge in [0.15, 0.2) is 5.82 Å². The Hall–Kier alpha value is -0.940. The van der Waals surface area contributed by atoms with E-state index in [4.69, 9.17) is 4.52 Å². The quantitative estimate of drug-likeness (QED) is 0.837. The Labute approximate surface area is 127 Å². The summed E-state index contributed by atoms with van der Waals surface area (Å²) in [6.45, 7) is 6.28. The minimum atomic E-state index is 0.666. The Morgan fingerprint density at radius 3 is 2.67 bits per heavy atom. The molecule has 3 rings (SSSR count). The average molecular weight is 292 g/mol. The van der Waals surface area contributed by atoms with Gasteiger partial charge in [0, 0.05) is 24.5 Å². The van der Waals surface area contributed by atoms with Crippen molar-refractivity contribution in [2.75, 3.05) is 6.54 Å². The van der Waals surface area contributed by atoms with Gasteiger partial charge in [-0.3, -0.25) is 4.90 Å². The molecule has 2 unspecified atom stereocenters. The Balaban J connectivity index is 1.57. The van der Waals surface area contributed by atoms with E-state index < -0.39 is 0 Å². The van der Waals surface area contributed by atoms with Crippen molar-refractivity contribution in [1.29, 1.82) is 0 Å². The zero-order chi connectivity index (χ0) is 14.7. The van der Waals surface area contributed by atoms with E-state index in [0.29, 0.717) is 6.04 Å². The molecule has 2 aliphatic rings. The number of hydrogen-bond donors (Lipinski definition) is 1. The van der Waals surface area contributed by atoms with Crippen LogP contribution in [0.15, 0.2) is 4.52 Å². The third-order valence-corrected chi connectivity index (χ3v) is 4.97. The summed E-state index contributed by atoms with van der Waals surface area (Å²) >= 11 is 0. The standard InChI is InChI=1S/C16H28N4O/c1-3-5-6-15-18-16(21-19-15)11-20(4-2)14-9-12-7-8-13(10-14)17-12/h12-14,17H,3-11H2,1-2H3. The molecule has 0 amide bonds. The summed E-state index contributed by atoms with van der Waals surface area (Å²) in [6.07, 6.45) is 8.46. The van der Waals surface area contributed by atoms with Crippen molar-refractivity contribution >= 4 is 0 Å². The Bertz CT molecular complexity index is 435. The number of piperidine rings is 1. The molecule has 0 aromatic carbocycles. The van der Waals surface area contributed by atoms with Crippen LogP contribution in [0.3, 0.4) is 0 Å².